The molecule has 0 aliphatic carbocycles. The summed E-state index contributed by atoms with van der Waals surface area (Å²) in [6.07, 6.45) is 3.59. The SMILES string of the molecule is O=C1Nc2cc(C(=O)NCCCN3CCc4ccccc4C3)ccc2O/C1=C\c1ccc(Cl)cc1. The molecular weight excluding hydrogens is 462 g/mol. The zero-order valence-corrected chi connectivity index (χ0v) is 20.0. The molecule has 0 saturated heterocycles. The Balaban J connectivity index is 1.14. The first-order valence-electron chi connectivity index (χ1n) is 11.7. The van der Waals surface area contributed by atoms with Crippen LogP contribution in [0.3, 0.4) is 0 Å². The van der Waals surface area contributed by atoms with Crippen LogP contribution < -0.4 is 15.4 Å². The predicted molar refractivity (Wildman–Crippen MR) is 138 cm³/mol. The molecule has 2 heterocycles. The monoisotopic (exact) mass is 487 g/mol. The number of carbonyl (C=O) groups excluding carboxylic acids is 2. The highest BCUT2D eigenvalue weighted by molar-refractivity contribution is 6.30. The van der Waals surface area contributed by atoms with Gasteiger partial charge in [0.1, 0.15) is 0 Å². The van der Waals surface area contributed by atoms with Crippen molar-refractivity contribution in [2.45, 2.75) is 19.4 Å². The number of amides is 2. The lowest BCUT2D eigenvalue weighted by atomic mass is 10.00. The Labute approximate surface area is 209 Å². The molecule has 178 valence electrons. The van der Waals surface area contributed by atoms with E-state index in [2.05, 4.69) is 39.8 Å². The Morgan fingerprint density at radius 3 is 2.71 bits per heavy atom. The number of fused-ring (bicyclic) bond motifs is 2. The van der Waals surface area contributed by atoms with E-state index in [4.69, 9.17) is 16.3 Å². The van der Waals surface area contributed by atoms with Crippen LogP contribution in [0, 0.1) is 0 Å². The zero-order valence-electron chi connectivity index (χ0n) is 19.2. The zero-order chi connectivity index (χ0) is 24.2. The van der Waals surface area contributed by atoms with Crippen molar-refractivity contribution < 1.29 is 14.3 Å². The van der Waals surface area contributed by atoms with Crippen LogP contribution in [-0.4, -0.2) is 36.3 Å². The van der Waals surface area contributed by atoms with E-state index in [1.807, 2.05) is 0 Å². The topological polar surface area (TPSA) is 70.7 Å². The van der Waals surface area contributed by atoms with Crippen molar-refractivity contribution in [2.75, 3.05) is 25.0 Å². The van der Waals surface area contributed by atoms with Crippen molar-refractivity contribution in [3.05, 3.63) is 99.8 Å². The van der Waals surface area contributed by atoms with Gasteiger partial charge in [0, 0.05) is 36.8 Å². The summed E-state index contributed by atoms with van der Waals surface area (Å²) in [5, 5.41) is 6.41. The summed E-state index contributed by atoms with van der Waals surface area (Å²) in [6, 6.07) is 20.7. The largest absolute Gasteiger partial charge is 0.449 e. The Morgan fingerprint density at radius 1 is 1.09 bits per heavy atom. The second kappa shape index (κ2) is 10.3. The Morgan fingerprint density at radius 2 is 1.89 bits per heavy atom. The van der Waals surface area contributed by atoms with Crippen molar-refractivity contribution in [3.63, 3.8) is 0 Å². The van der Waals surface area contributed by atoms with E-state index >= 15 is 0 Å². The number of anilines is 1. The molecule has 2 amide bonds. The van der Waals surface area contributed by atoms with E-state index in [1.54, 1.807) is 48.5 Å². The minimum atomic E-state index is -0.367. The first kappa shape index (κ1) is 23.1. The molecular formula is C28H26ClN3O3. The van der Waals surface area contributed by atoms with Crippen LogP contribution in [0.1, 0.15) is 33.5 Å². The Kier molecular flexibility index (Phi) is 6.84. The van der Waals surface area contributed by atoms with Crippen LogP contribution in [0.2, 0.25) is 5.02 Å². The third kappa shape index (κ3) is 5.56. The molecule has 0 aromatic heterocycles. The number of carbonyl (C=O) groups is 2. The number of nitrogens with one attached hydrogen (secondary N) is 2. The molecule has 7 heteroatoms. The number of halogens is 1. The molecule has 3 aromatic rings. The van der Waals surface area contributed by atoms with Crippen LogP contribution in [-0.2, 0) is 17.8 Å². The van der Waals surface area contributed by atoms with Crippen LogP contribution in [0.4, 0.5) is 5.69 Å². The molecule has 0 spiro atoms. The molecule has 0 unspecified atom stereocenters. The molecule has 2 aliphatic heterocycles. The summed E-state index contributed by atoms with van der Waals surface area (Å²) in [5.41, 5.74) is 4.58. The molecule has 0 bridgehead atoms. The number of hydrogen-bond donors (Lipinski definition) is 2. The molecule has 6 nitrogen and oxygen atoms in total. The first-order chi connectivity index (χ1) is 17.0. The summed E-state index contributed by atoms with van der Waals surface area (Å²) in [4.78, 5) is 27.6. The lowest BCUT2D eigenvalue weighted by Crippen LogP contribution is -2.33. The lowest BCUT2D eigenvalue weighted by molar-refractivity contribution is -0.115. The van der Waals surface area contributed by atoms with E-state index in [-0.39, 0.29) is 17.6 Å². The molecule has 0 radical (unpaired) electrons. The standard InChI is InChI=1S/C28H26ClN3O3/c29-23-9-6-19(7-10-23)16-26-28(34)31-24-17-21(8-11-25(24)35-26)27(33)30-13-3-14-32-15-12-20-4-1-2-5-22(20)18-32/h1-2,4-11,16-17H,3,12-15,18H2,(H,30,33)(H,31,34)/b26-16-. The third-order valence-electron chi connectivity index (χ3n) is 6.25. The Hall–Kier alpha value is -3.61. The molecule has 5 rings (SSSR count). The predicted octanol–water partition coefficient (Wildman–Crippen LogP) is 4.89. The maximum atomic E-state index is 12.7. The second-order valence-electron chi connectivity index (χ2n) is 8.73. The van der Waals surface area contributed by atoms with Gasteiger partial charge < -0.3 is 15.4 Å². The van der Waals surface area contributed by atoms with Gasteiger partial charge in [-0.2, -0.15) is 0 Å². The number of rotatable bonds is 6. The average molecular weight is 488 g/mol. The molecule has 2 N–H and O–H groups in total. The molecule has 35 heavy (non-hydrogen) atoms. The summed E-state index contributed by atoms with van der Waals surface area (Å²) in [5.74, 6) is 0.130. The van der Waals surface area contributed by atoms with Crippen molar-refractivity contribution in [3.8, 4) is 5.75 Å². The maximum Gasteiger partial charge on any atom is 0.291 e. The van der Waals surface area contributed by atoms with Gasteiger partial charge in [-0.05, 0) is 65.9 Å². The van der Waals surface area contributed by atoms with Gasteiger partial charge in [-0.1, -0.05) is 48.0 Å². The highest BCUT2D eigenvalue weighted by Gasteiger charge is 2.23. The number of benzene rings is 3. The highest BCUT2D eigenvalue weighted by atomic mass is 35.5. The van der Waals surface area contributed by atoms with Crippen LogP contribution in [0.15, 0.2) is 72.5 Å². The van der Waals surface area contributed by atoms with Crippen LogP contribution in [0.5, 0.6) is 5.75 Å². The van der Waals surface area contributed by atoms with Crippen LogP contribution >= 0.6 is 11.6 Å². The third-order valence-corrected chi connectivity index (χ3v) is 6.50. The minimum Gasteiger partial charge on any atom is -0.449 e. The van der Waals surface area contributed by atoms with Gasteiger partial charge in [-0.15, -0.1) is 0 Å². The fraction of sp³-hybridized carbons (Fsp3) is 0.214. The quantitative estimate of drug-likeness (QED) is 0.383. The minimum absolute atomic E-state index is 0.173. The van der Waals surface area contributed by atoms with E-state index < -0.39 is 0 Å². The van der Waals surface area contributed by atoms with Gasteiger partial charge in [-0.25, -0.2) is 0 Å². The first-order valence-corrected chi connectivity index (χ1v) is 12.1. The van der Waals surface area contributed by atoms with Gasteiger partial charge in [0.05, 0.1) is 5.69 Å². The highest BCUT2D eigenvalue weighted by Crippen LogP contribution is 2.32. The molecule has 0 fully saturated rings. The number of ether oxygens (including phenoxy) is 1. The van der Waals surface area contributed by atoms with E-state index in [0.29, 0.717) is 28.6 Å². The Bertz CT molecular complexity index is 1290. The van der Waals surface area contributed by atoms with Crippen molar-refractivity contribution >= 4 is 35.2 Å². The van der Waals surface area contributed by atoms with Gasteiger partial charge in [0.2, 0.25) is 0 Å². The molecule has 2 aliphatic rings. The van der Waals surface area contributed by atoms with Crippen molar-refractivity contribution in [2.24, 2.45) is 0 Å². The van der Waals surface area contributed by atoms with E-state index in [1.165, 1.54) is 11.1 Å². The van der Waals surface area contributed by atoms with Gasteiger partial charge in [-0.3, -0.25) is 14.5 Å². The summed E-state index contributed by atoms with van der Waals surface area (Å²) >= 11 is 5.92. The summed E-state index contributed by atoms with van der Waals surface area (Å²) in [6.45, 7) is 3.53. The smallest absolute Gasteiger partial charge is 0.291 e. The number of hydrogen-bond acceptors (Lipinski definition) is 4. The molecule has 0 saturated carbocycles. The maximum absolute atomic E-state index is 12.7. The van der Waals surface area contributed by atoms with Crippen molar-refractivity contribution in [1.82, 2.24) is 10.2 Å². The van der Waals surface area contributed by atoms with Crippen LogP contribution in [0.25, 0.3) is 6.08 Å². The van der Waals surface area contributed by atoms with Crippen molar-refractivity contribution in [1.29, 1.82) is 0 Å². The summed E-state index contributed by atoms with van der Waals surface area (Å²) in [7, 11) is 0. The van der Waals surface area contributed by atoms with Gasteiger partial charge in [0.15, 0.2) is 11.5 Å². The number of nitrogens with zero attached hydrogens (tertiary/aromatic N) is 1. The molecule has 0 atom stereocenters. The lowest BCUT2D eigenvalue weighted by Gasteiger charge is -2.28. The van der Waals surface area contributed by atoms with E-state index in [0.717, 1.165) is 38.0 Å². The molecule has 3 aromatic carbocycles. The summed E-state index contributed by atoms with van der Waals surface area (Å²) < 4.78 is 5.78. The van der Waals surface area contributed by atoms with Gasteiger partial charge >= 0.3 is 0 Å². The van der Waals surface area contributed by atoms with E-state index in [9.17, 15) is 9.59 Å². The van der Waals surface area contributed by atoms with Gasteiger partial charge in [0.25, 0.3) is 11.8 Å². The fourth-order valence-corrected chi connectivity index (χ4v) is 4.49. The average Bonchev–Trinajstić information content (AvgIpc) is 2.88. The second-order valence-corrected chi connectivity index (χ2v) is 9.17. The fourth-order valence-electron chi connectivity index (χ4n) is 4.36. The normalized spacial score (nSPS) is 16.1.